The van der Waals surface area contributed by atoms with Crippen LogP contribution in [0.5, 0.6) is 0 Å². The molecule has 0 aliphatic carbocycles. The molecule has 0 aliphatic heterocycles. The number of aromatic nitrogens is 1. The normalized spacial score (nSPS) is 12.2. The topological polar surface area (TPSA) is 54.0 Å². The quantitative estimate of drug-likeness (QED) is 0.739. The third kappa shape index (κ3) is 5.15. The van der Waals surface area contributed by atoms with Gasteiger partial charge in [-0.1, -0.05) is 0 Å². The number of hydrogen-bond donors (Lipinski definition) is 2. The molecule has 0 bridgehead atoms. The van der Waals surface area contributed by atoms with E-state index in [0.29, 0.717) is 5.13 Å². The van der Waals surface area contributed by atoms with Crippen LogP contribution in [-0.2, 0) is 5.21 Å². The Morgan fingerprint density at radius 3 is 2.59 bits per heavy atom. The van der Waals surface area contributed by atoms with Crippen LogP contribution >= 0.6 is 11.3 Å². The number of carbonyl (C=O) groups is 1. The van der Waals surface area contributed by atoms with Crippen molar-refractivity contribution in [2.75, 3.05) is 10.6 Å². The molecule has 1 aromatic carbocycles. The fourth-order valence-corrected chi connectivity index (χ4v) is 4.92. The van der Waals surface area contributed by atoms with Crippen LogP contribution in [0, 0.1) is 6.92 Å². The molecule has 6 heteroatoms. The average Bonchev–Trinajstić information content (AvgIpc) is 2.88. The van der Waals surface area contributed by atoms with E-state index >= 15 is 0 Å². The van der Waals surface area contributed by atoms with E-state index in [-0.39, 0.29) is 6.03 Å². The van der Waals surface area contributed by atoms with Gasteiger partial charge in [-0.3, -0.25) is 0 Å². The number of nitrogens with zero attached hydrogens (tertiary/aromatic N) is 1. The molecule has 4 nitrogen and oxygen atoms in total. The summed E-state index contributed by atoms with van der Waals surface area (Å²) in [6.07, 6.45) is 0. The minimum atomic E-state index is -0.837. The SMILES string of the molecule is Cc1ccc(NC(=O)Nc2nc(C[As](C)C(C)C)cs2)cc1. The second kappa shape index (κ2) is 7.79. The Labute approximate surface area is 140 Å². The molecule has 0 aliphatic rings. The molecule has 2 rings (SSSR count). The van der Waals surface area contributed by atoms with Gasteiger partial charge in [0.15, 0.2) is 0 Å². The van der Waals surface area contributed by atoms with E-state index in [0.717, 1.165) is 21.3 Å². The molecule has 2 amide bonds. The summed E-state index contributed by atoms with van der Waals surface area (Å²) in [5.74, 6) is 0. The number of aryl methyl sites for hydroxylation is 1. The van der Waals surface area contributed by atoms with Crippen LogP contribution in [0.3, 0.4) is 0 Å². The number of thiazole rings is 1. The first-order valence-corrected chi connectivity index (χ1v) is 12.4. The van der Waals surface area contributed by atoms with E-state index in [9.17, 15) is 4.79 Å². The molecule has 0 saturated carbocycles. The Balaban J connectivity index is 1.89. The van der Waals surface area contributed by atoms with Crippen LogP contribution in [0.15, 0.2) is 29.6 Å². The molecule has 0 radical (unpaired) electrons. The Morgan fingerprint density at radius 1 is 1.27 bits per heavy atom. The first-order chi connectivity index (χ1) is 10.4. The van der Waals surface area contributed by atoms with Gasteiger partial charge in [0, 0.05) is 0 Å². The number of hydrogen-bond acceptors (Lipinski definition) is 3. The van der Waals surface area contributed by atoms with Gasteiger partial charge in [0.1, 0.15) is 0 Å². The van der Waals surface area contributed by atoms with Gasteiger partial charge in [0.2, 0.25) is 0 Å². The molecular formula is C16H22AsN3OS. The number of rotatable bonds is 5. The number of amides is 2. The average molecular weight is 379 g/mol. The summed E-state index contributed by atoms with van der Waals surface area (Å²) in [5, 5.41) is 9.41. The summed E-state index contributed by atoms with van der Waals surface area (Å²) >= 11 is 0.648. The monoisotopic (exact) mass is 379 g/mol. The van der Waals surface area contributed by atoms with E-state index in [1.54, 1.807) is 0 Å². The van der Waals surface area contributed by atoms with Gasteiger partial charge in [0.05, 0.1) is 0 Å². The Hall–Kier alpha value is -1.32. The van der Waals surface area contributed by atoms with Crippen molar-refractivity contribution >= 4 is 42.8 Å². The predicted molar refractivity (Wildman–Crippen MR) is 96.4 cm³/mol. The zero-order chi connectivity index (χ0) is 16.1. The van der Waals surface area contributed by atoms with Gasteiger partial charge in [0.25, 0.3) is 0 Å². The Morgan fingerprint density at radius 2 is 1.95 bits per heavy atom. The molecule has 0 spiro atoms. The summed E-state index contributed by atoms with van der Waals surface area (Å²) in [7, 11) is 0. The van der Waals surface area contributed by atoms with Crippen molar-refractivity contribution in [3.05, 3.63) is 40.9 Å². The number of urea groups is 1. The van der Waals surface area contributed by atoms with Crippen molar-refractivity contribution < 1.29 is 4.79 Å². The van der Waals surface area contributed by atoms with Crippen LogP contribution in [0.2, 0.25) is 10.4 Å². The molecule has 0 saturated heterocycles. The number of nitrogens with one attached hydrogen (secondary N) is 2. The third-order valence-corrected chi connectivity index (χ3v) is 9.61. The maximum atomic E-state index is 12.0. The summed E-state index contributed by atoms with van der Waals surface area (Å²) in [5.41, 5.74) is 5.42. The van der Waals surface area contributed by atoms with Crippen LogP contribution in [0.1, 0.15) is 25.1 Å². The van der Waals surface area contributed by atoms with Crippen LogP contribution in [-0.4, -0.2) is 25.7 Å². The Kier molecular flexibility index (Phi) is 6.04. The van der Waals surface area contributed by atoms with E-state index in [1.165, 1.54) is 16.9 Å². The minimum absolute atomic E-state index is 0.250. The zero-order valence-corrected chi connectivity index (χ0v) is 16.1. The fraction of sp³-hybridized carbons (Fsp3) is 0.375. The zero-order valence-electron chi connectivity index (χ0n) is 13.4. The van der Waals surface area contributed by atoms with Crippen molar-refractivity contribution in [1.82, 2.24) is 4.98 Å². The van der Waals surface area contributed by atoms with Crippen LogP contribution in [0.25, 0.3) is 0 Å². The molecule has 1 atom stereocenters. The van der Waals surface area contributed by atoms with Gasteiger partial charge in [-0.15, -0.1) is 0 Å². The fourth-order valence-electron chi connectivity index (χ4n) is 1.77. The van der Waals surface area contributed by atoms with Gasteiger partial charge in [-0.25, -0.2) is 0 Å². The van der Waals surface area contributed by atoms with Gasteiger partial charge in [-0.05, 0) is 0 Å². The van der Waals surface area contributed by atoms with Crippen molar-refractivity contribution in [2.45, 2.75) is 36.4 Å². The molecule has 2 N–H and O–H groups in total. The molecule has 1 unspecified atom stereocenters. The van der Waals surface area contributed by atoms with Gasteiger partial charge < -0.3 is 0 Å². The van der Waals surface area contributed by atoms with E-state index in [1.807, 2.05) is 31.2 Å². The third-order valence-electron chi connectivity index (χ3n) is 3.37. The first-order valence-electron chi connectivity index (χ1n) is 7.23. The van der Waals surface area contributed by atoms with E-state index in [2.05, 4.69) is 40.6 Å². The first kappa shape index (κ1) is 17.0. The standard InChI is InChI=1S/C16H22AsN3OS/c1-11(2)17(4)9-14-10-22-16(19-14)20-15(21)18-13-7-5-12(3)6-8-13/h5-8,10-11H,9H2,1-4H3,(H2,18,19,20,21). The van der Waals surface area contributed by atoms with Gasteiger partial charge in [-0.2, -0.15) is 0 Å². The number of anilines is 2. The van der Waals surface area contributed by atoms with E-state index < -0.39 is 14.7 Å². The molecule has 118 valence electrons. The summed E-state index contributed by atoms with van der Waals surface area (Å²) in [6.45, 7) is 6.57. The summed E-state index contributed by atoms with van der Waals surface area (Å²) in [6, 6.07) is 7.46. The second-order valence-electron chi connectivity index (χ2n) is 5.60. The van der Waals surface area contributed by atoms with Crippen molar-refractivity contribution in [1.29, 1.82) is 0 Å². The molecule has 0 fully saturated rings. The Bertz CT molecular complexity index is 625. The molecule has 1 heterocycles. The molecule has 2 aromatic rings. The number of benzene rings is 1. The van der Waals surface area contributed by atoms with Crippen molar-refractivity contribution in [3.8, 4) is 0 Å². The van der Waals surface area contributed by atoms with Crippen LogP contribution < -0.4 is 10.6 Å². The van der Waals surface area contributed by atoms with Crippen LogP contribution in [0.4, 0.5) is 15.6 Å². The molecule has 1 aromatic heterocycles. The predicted octanol–water partition coefficient (Wildman–Crippen LogP) is 4.71. The summed E-state index contributed by atoms with van der Waals surface area (Å²) in [4.78, 5) is 16.5. The summed E-state index contributed by atoms with van der Waals surface area (Å²) < 4.78 is 0.774. The molecular weight excluding hydrogens is 357 g/mol. The maximum absolute atomic E-state index is 12.0. The molecule has 22 heavy (non-hydrogen) atoms. The van der Waals surface area contributed by atoms with Crippen molar-refractivity contribution in [2.24, 2.45) is 0 Å². The second-order valence-corrected chi connectivity index (χ2v) is 12.5. The number of carbonyl (C=O) groups excluding carboxylic acids is 1. The van der Waals surface area contributed by atoms with E-state index in [4.69, 9.17) is 0 Å². The van der Waals surface area contributed by atoms with Gasteiger partial charge >= 0.3 is 141 Å². The van der Waals surface area contributed by atoms with Crippen molar-refractivity contribution in [3.63, 3.8) is 0 Å².